The van der Waals surface area contributed by atoms with Crippen LogP contribution >= 0.6 is 34.8 Å². The van der Waals surface area contributed by atoms with E-state index in [2.05, 4.69) is 15.6 Å². The molecule has 2 heterocycles. The topological polar surface area (TPSA) is 85.2 Å². The molecule has 0 fully saturated rings. The molecule has 218 valence electrons. The molecule has 2 aromatic heterocycles. The first-order valence-electron chi connectivity index (χ1n) is 13.3. The first-order valence-corrected chi connectivity index (χ1v) is 14.5. The van der Waals surface area contributed by atoms with Crippen LogP contribution < -0.4 is 15.4 Å². The molecular weight excluding hydrogens is 607 g/mol. The maximum Gasteiger partial charge on any atom is 0.251 e. The number of benzene rings is 3. The summed E-state index contributed by atoms with van der Waals surface area (Å²) < 4.78 is 7.98. The molecule has 2 N–H and O–H groups in total. The Bertz CT molecular complexity index is 1850. The third kappa shape index (κ3) is 7.03. The van der Waals surface area contributed by atoms with Crippen molar-refractivity contribution in [3.8, 4) is 11.4 Å². The van der Waals surface area contributed by atoms with Crippen molar-refractivity contribution in [2.45, 2.75) is 20.1 Å². The highest BCUT2D eigenvalue weighted by Crippen LogP contribution is 2.34. The Morgan fingerprint density at radius 2 is 1.79 bits per heavy atom. The van der Waals surface area contributed by atoms with E-state index in [1.807, 2.05) is 41.8 Å². The molecule has 5 aromatic rings. The lowest BCUT2D eigenvalue weighted by atomic mass is 10.1. The number of carbonyl (C=O) groups is 2. The third-order valence-electron chi connectivity index (χ3n) is 6.76. The van der Waals surface area contributed by atoms with Gasteiger partial charge in [-0.15, -0.1) is 0 Å². The number of aryl methyl sites for hydroxylation is 1. The van der Waals surface area contributed by atoms with Crippen molar-refractivity contribution in [3.05, 3.63) is 128 Å². The number of nitrogens with one attached hydrogen (secondary N) is 2. The minimum atomic E-state index is -0.297. The van der Waals surface area contributed by atoms with E-state index in [1.54, 1.807) is 61.8 Å². The Kier molecular flexibility index (Phi) is 9.36. The number of pyridine rings is 1. The number of halogens is 3. The number of aromatic nitrogens is 2. The van der Waals surface area contributed by atoms with Crippen LogP contribution in [0.15, 0.2) is 85.1 Å². The number of para-hydroxylation sites is 1. The first kappa shape index (κ1) is 30.2. The van der Waals surface area contributed by atoms with Gasteiger partial charge >= 0.3 is 0 Å². The monoisotopic (exact) mass is 632 g/mol. The normalized spacial score (nSPS) is 11.2. The fourth-order valence-corrected chi connectivity index (χ4v) is 5.31. The second-order valence-corrected chi connectivity index (χ2v) is 10.9. The Hall–Kier alpha value is -4.30. The zero-order valence-corrected chi connectivity index (χ0v) is 25.6. The molecule has 2 amide bonds. The zero-order valence-electron chi connectivity index (χ0n) is 23.3. The quantitative estimate of drug-likeness (QED) is 0.164. The van der Waals surface area contributed by atoms with E-state index in [-0.39, 0.29) is 25.0 Å². The van der Waals surface area contributed by atoms with Gasteiger partial charge in [-0.3, -0.25) is 9.59 Å². The minimum Gasteiger partial charge on any atom is -0.487 e. The average molecular weight is 634 g/mol. The van der Waals surface area contributed by atoms with Gasteiger partial charge in [0.25, 0.3) is 5.91 Å². The van der Waals surface area contributed by atoms with Crippen molar-refractivity contribution >= 4 is 63.6 Å². The van der Waals surface area contributed by atoms with Crippen LogP contribution in [-0.4, -0.2) is 28.4 Å². The molecule has 7 nitrogen and oxygen atoms in total. The van der Waals surface area contributed by atoms with Crippen molar-refractivity contribution in [2.24, 2.45) is 0 Å². The van der Waals surface area contributed by atoms with E-state index in [0.717, 1.165) is 22.2 Å². The summed E-state index contributed by atoms with van der Waals surface area (Å²) in [5.74, 6) is 0.156. The van der Waals surface area contributed by atoms with Crippen LogP contribution in [-0.2, 0) is 17.9 Å². The summed E-state index contributed by atoms with van der Waals surface area (Å²) in [6.07, 6.45) is 4.83. The van der Waals surface area contributed by atoms with Crippen LogP contribution in [0.2, 0.25) is 15.1 Å². The molecule has 0 spiro atoms. The van der Waals surface area contributed by atoms with E-state index in [9.17, 15) is 9.59 Å². The van der Waals surface area contributed by atoms with E-state index in [0.29, 0.717) is 43.3 Å². The van der Waals surface area contributed by atoms with Crippen LogP contribution in [0.25, 0.3) is 22.7 Å². The first-order chi connectivity index (χ1) is 20.7. The van der Waals surface area contributed by atoms with Crippen molar-refractivity contribution < 1.29 is 14.3 Å². The second-order valence-electron chi connectivity index (χ2n) is 9.70. The van der Waals surface area contributed by atoms with E-state index in [1.165, 1.54) is 6.08 Å². The Labute approximate surface area is 264 Å². The Morgan fingerprint density at radius 1 is 1.00 bits per heavy atom. The standard InChI is InChI=1S/C33H27Cl3N4O3/c1-20-6-10-22-4-3-5-29(32(22)39-20)43-19-26-27(35)13-14-28(31(26)36)40-18-24(34)16-25(40)17-38-30(41)15-9-21-7-11-23(12-8-21)33(42)37-2/h3-16,18H,17,19H2,1-2H3,(H,37,42)(H,38,41). The van der Waals surface area contributed by atoms with Crippen LogP contribution in [0.4, 0.5) is 0 Å². The molecule has 0 aliphatic heterocycles. The van der Waals surface area contributed by atoms with Crippen molar-refractivity contribution in [2.75, 3.05) is 7.05 Å². The molecule has 43 heavy (non-hydrogen) atoms. The zero-order chi connectivity index (χ0) is 30.5. The Morgan fingerprint density at radius 3 is 2.56 bits per heavy atom. The summed E-state index contributed by atoms with van der Waals surface area (Å²) in [7, 11) is 1.57. The van der Waals surface area contributed by atoms with Gasteiger partial charge in [-0.25, -0.2) is 4.98 Å². The van der Waals surface area contributed by atoms with Gasteiger partial charge in [0.2, 0.25) is 5.91 Å². The van der Waals surface area contributed by atoms with Gasteiger partial charge in [-0.1, -0.05) is 65.1 Å². The lowest BCUT2D eigenvalue weighted by Gasteiger charge is -2.16. The molecule has 0 atom stereocenters. The average Bonchev–Trinajstić information content (AvgIpc) is 3.38. The van der Waals surface area contributed by atoms with E-state index < -0.39 is 0 Å². The molecule has 0 unspecified atom stereocenters. The van der Waals surface area contributed by atoms with Gasteiger partial charge in [0, 0.05) is 52.2 Å². The summed E-state index contributed by atoms with van der Waals surface area (Å²) >= 11 is 19.8. The van der Waals surface area contributed by atoms with Crippen LogP contribution in [0.3, 0.4) is 0 Å². The molecule has 0 aliphatic carbocycles. The molecule has 5 rings (SSSR count). The van der Waals surface area contributed by atoms with Crippen LogP contribution in [0, 0.1) is 6.92 Å². The smallest absolute Gasteiger partial charge is 0.251 e. The van der Waals surface area contributed by atoms with Crippen molar-refractivity contribution in [1.82, 2.24) is 20.2 Å². The number of amides is 2. The maximum atomic E-state index is 12.6. The molecule has 0 radical (unpaired) electrons. The van der Waals surface area contributed by atoms with Crippen LogP contribution in [0.1, 0.15) is 32.9 Å². The maximum absolute atomic E-state index is 12.6. The molecule has 0 bridgehead atoms. The summed E-state index contributed by atoms with van der Waals surface area (Å²) in [5, 5.41) is 7.76. The number of nitrogens with zero attached hydrogens (tertiary/aromatic N) is 2. The number of hydrogen-bond donors (Lipinski definition) is 2. The number of carbonyl (C=O) groups excluding carboxylic acids is 2. The van der Waals surface area contributed by atoms with Crippen LogP contribution in [0.5, 0.6) is 5.75 Å². The summed E-state index contributed by atoms with van der Waals surface area (Å²) in [6.45, 7) is 2.24. The van der Waals surface area contributed by atoms with E-state index in [4.69, 9.17) is 39.5 Å². The molecule has 10 heteroatoms. The SMILES string of the molecule is CNC(=O)c1ccc(C=CC(=O)NCc2cc(Cl)cn2-c2ccc(Cl)c(COc3cccc4ccc(C)nc34)c2Cl)cc1. The highest BCUT2D eigenvalue weighted by molar-refractivity contribution is 6.37. The van der Waals surface area contributed by atoms with Gasteiger partial charge in [0.05, 0.1) is 22.3 Å². The lowest BCUT2D eigenvalue weighted by Crippen LogP contribution is -2.21. The number of rotatable bonds is 9. The number of ether oxygens (including phenoxy) is 1. The predicted octanol–water partition coefficient (Wildman–Crippen LogP) is 7.56. The van der Waals surface area contributed by atoms with Crippen molar-refractivity contribution in [3.63, 3.8) is 0 Å². The third-order valence-corrected chi connectivity index (χ3v) is 7.74. The van der Waals surface area contributed by atoms with Gasteiger partial charge in [-0.2, -0.15) is 0 Å². The number of hydrogen-bond acceptors (Lipinski definition) is 4. The molecule has 0 saturated heterocycles. The largest absolute Gasteiger partial charge is 0.487 e. The Balaban J connectivity index is 1.31. The molecule has 0 aliphatic rings. The fourth-order valence-electron chi connectivity index (χ4n) is 4.52. The van der Waals surface area contributed by atoms with Gasteiger partial charge in [0.15, 0.2) is 0 Å². The summed E-state index contributed by atoms with van der Waals surface area (Å²) in [4.78, 5) is 28.9. The van der Waals surface area contributed by atoms with Gasteiger partial charge < -0.3 is 19.9 Å². The summed E-state index contributed by atoms with van der Waals surface area (Å²) in [5.41, 5.74) is 4.93. The highest BCUT2D eigenvalue weighted by Gasteiger charge is 2.17. The second kappa shape index (κ2) is 13.3. The van der Waals surface area contributed by atoms with E-state index >= 15 is 0 Å². The van der Waals surface area contributed by atoms with Crippen molar-refractivity contribution in [1.29, 1.82) is 0 Å². The number of fused-ring (bicyclic) bond motifs is 1. The molecular formula is C33H27Cl3N4O3. The fraction of sp³-hybridized carbons (Fsp3) is 0.121. The van der Waals surface area contributed by atoms with Gasteiger partial charge in [-0.05, 0) is 61.0 Å². The lowest BCUT2D eigenvalue weighted by molar-refractivity contribution is -0.116. The highest BCUT2D eigenvalue weighted by atomic mass is 35.5. The molecule has 3 aromatic carbocycles. The molecule has 0 saturated carbocycles. The summed E-state index contributed by atoms with van der Waals surface area (Å²) in [6, 6.07) is 21.9. The van der Waals surface area contributed by atoms with Gasteiger partial charge in [0.1, 0.15) is 17.9 Å². The predicted molar refractivity (Wildman–Crippen MR) is 172 cm³/mol. The minimum absolute atomic E-state index is 0.121.